The summed E-state index contributed by atoms with van der Waals surface area (Å²) in [4.78, 5) is 0. The second-order valence-corrected chi connectivity index (χ2v) is 5.74. The van der Waals surface area contributed by atoms with E-state index in [-0.39, 0.29) is 6.04 Å². The molecule has 0 aromatic heterocycles. The van der Waals surface area contributed by atoms with E-state index in [0.717, 1.165) is 19.3 Å². The van der Waals surface area contributed by atoms with Crippen LogP contribution in [0.25, 0.3) is 0 Å². The van der Waals surface area contributed by atoms with Crippen LogP contribution in [0.5, 0.6) is 0 Å². The molecule has 0 spiro atoms. The molecule has 4 nitrogen and oxygen atoms in total. The maximum absolute atomic E-state index is 11.2. The molecule has 1 aliphatic carbocycles. The van der Waals surface area contributed by atoms with Gasteiger partial charge in [-0.3, -0.25) is 0 Å². The third kappa shape index (κ3) is 2.65. The molecule has 1 N–H and O–H groups in total. The number of rotatable bonds is 2. The molecule has 0 radical (unpaired) electrons. The zero-order chi connectivity index (χ0) is 10.1. The van der Waals surface area contributed by atoms with Crippen LogP contribution < -0.4 is 0 Å². The van der Waals surface area contributed by atoms with Gasteiger partial charge in [0, 0.05) is 7.05 Å². The van der Waals surface area contributed by atoms with Crippen LogP contribution in [0.2, 0.25) is 0 Å². The Balaban J connectivity index is 2.70. The maximum atomic E-state index is 11.2. The molecule has 1 saturated carbocycles. The van der Waals surface area contributed by atoms with E-state index in [4.69, 9.17) is 0 Å². The topological polar surface area (TPSA) is 57.6 Å². The smallest absolute Gasteiger partial charge is 0.211 e. The molecule has 0 aromatic rings. The van der Waals surface area contributed by atoms with Crippen molar-refractivity contribution < 1.29 is 13.5 Å². The second kappa shape index (κ2) is 3.94. The molecule has 0 aromatic carbocycles. The SMILES string of the molecule is CN([C@H]1CCCC[C@H]1O)S(C)(=O)=O. The largest absolute Gasteiger partial charge is 0.391 e. The van der Waals surface area contributed by atoms with Crippen molar-refractivity contribution in [2.45, 2.75) is 37.8 Å². The number of likely N-dealkylation sites (N-methyl/N-ethyl adjacent to an activating group) is 1. The van der Waals surface area contributed by atoms with Crippen molar-refractivity contribution in [1.29, 1.82) is 0 Å². The molecule has 13 heavy (non-hydrogen) atoms. The fraction of sp³-hybridized carbons (Fsp3) is 1.00. The molecule has 1 fully saturated rings. The summed E-state index contributed by atoms with van der Waals surface area (Å²) < 4.78 is 23.7. The van der Waals surface area contributed by atoms with Gasteiger partial charge in [-0.05, 0) is 12.8 Å². The Bertz CT molecular complexity index is 263. The lowest BCUT2D eigenvalue weighted by Gasteiger charge is -2.33. The van der Waals surface area contributed by atoms with Gasteiger partial charge in [0.1, 0.15) is 0 Å². The predicted molar refractivity (Wildman–Crippen MR) is 50.9 cm³/mol. The highest BCUT2D eigenvalue weighted by atomic mass is 32.2. The monoisotopic (exact) mass is 207 g/mol. The first-order valence-corrected chi connectivity index (χ1v) is 6.39. The molecule has 0 amide bonds. The Morgan fingerprint density at radius 2 is 1.85 bits per heavy atom. The van der Waals surface area contributed by atoms with Crippen molar-refractivity contribution in [3.8, 4) is 0 Å². The minimum Gasteiger partial charge on any atom is -0.391 e. The minimum atomic E-state index is -3.16. The van der Waals surface area contributed by atoms with Gasteiger partial charge in [0.05, 0.1) is 18.4 Å². The van der Waals surface area contributed by atoms with Gasteiger partial charge in [0.25, 0.3) is 0 Å². The molecular weight excluding hydrogens is 190 g/mol. The van der Waals surface area contributed by atoms with Crippen LogP contribution in [0, 0.1) is 0 Å². The van der Waals surface area contributed by atoms with Crippen LogP contribution in [0.3, 0.4) is 0 Å². The lowest BCUT2D eigenvalue weighted by molar-refractivity contribution is 0.0640. The van der Waals surface area contributed by atoms with Gasteiger partial charge in [-0.25, -0.2) is 8.42 Å². The van der Waals surface area contributed by atoms with Crippen molar-refractivity contribution in [1.82, 2.24) is 4.31 Å². The molecule has 5 heteroatoms. The number of hydrogen-bond donors (Lipinski definition) is 1. The molecule has 0 heterocycles. The zero-order valence-corrected chi connectivity index (χ0v) is 8.92. The summed E-state index contributed by atoms with van der Waals surface area (Å²) in [5.41, 5.74) is 0. The van der Waals surface area contributed by atoms with Crippen LogP contribution in [0.4, 0.5) is 0 Å². The lowest BCUT2D eigenvalue weighted by Crippen LogP contribution is -2.45. The molecule has 2 atom stereocenters. The van der Waals surface area contributed by atoms with E-state index < -0.39 is 16.1 Å². The average molecular weight is 207 g/mol. The summed E-state index contributed by atoms with van der Waals surface area (Å²) in [5, 5.41) is 9.60. The summed E-state index contributed by atoms with van der Waals surface area (Å²) in [5.74, 6) is 0. The van der Waals surface area contributed by atoms with Gasteiger partial charge in [-0.15, -0.1) is 0 Å². The second-order valence-electron chi connectivity index (χ2n) is 3.70. The van der Waals surface area contributed by atoms with Crippen LogP contribution >= 0.6 is 0 Å². The van der Waals surface area contributed by atoms with Gasteiger partial charge < -0.3 is 5.11 Å². The average Bonchev–Trinajstić information content (AvgIpc) is 2.02. The summed E-state index contributed by atoms with van der Waals surface area (Å²) in [6.07, 6.45) is 4.16. The van der Waals surface area contributed by atoms with E-state index >= 15 is 0 Å². The number of sulfonamides is 1. The fourth-order valence-corrected chi connectivity index (χ4v) is 2.50. The van der Waals surface area contributed by atoms with Crippen molar-refractivity contribution in [3.63, 3.8) is 0 Å². The van der Waals surface area contributed by atoms with Gasteiger partial charge in [0.15, 0.2) is 0 Å². The highest BCUT2D eigenvalue weighted by molar-refractivity contribution is 7.88. The summed E-state index contributed by atoms with van der Waals surface area (Å²) in [7, 11) is -1.63. The van der Waals surface area contributed by atoms with E-state index in [1.54, 1.807) is 0 Å². The molecule has 1 rings (SSSR count). The molecule has 0 unspecified atom stereocenters. The van der Waals surface area contributed by atoms with E-state index in [1.165, 1.54) is 17.6 Å². The standard InChI is InChI=1S/C8H17NO3S/c1-9(13(2,11)12)7-5-3-4-6-8(7)10/h7-8,10H,3-6H2,1-2H3/t7-,8+/m0/s1. The fourth-order valence-electron chi connectivity index (χ4n) is 1.76. The number of nitrogens with zero attached hydrogens (tertiary/aromatic N) is 1. The molecular formula is C8H17NO3S. The number of aliphatic hydroxyl groups excluding tert-OH is 1. The van der Waals surface area contributed by atoms with Gasteiger partial charge in [0.2, 0.25) is 10.0 Å². The Hall–Kier alpha value is -0.130. The van der Waals surface area contributed by atoms with Crippen molar-refractivity contribution in [3.05, 3.63) is 0 Å². The highest BCUT2D eigenvalue weighted by Crippen LogP contribution is 2.23. The summed E-state index contributed by atoms with van der Waals surface area (Å²) >= 11 is 0. The normalized spacial score (nSPS) is 30.8. The molecule has 78 valence electrons. The Morgan fingerprint density at radius 3 is 2.31 bits per heavy atom. The minimum absolute atomic E-state index is 0.219. The van der Waals surface area contributed by atoms with E-state index in [2.05, 4.69) is 0 Å². The van der Waals surface area contributed by atoms with Crippen molar-refractivity contribution in [2.24, 2.45) is 0 Å². The van der Waals surface area contributed by atoms with Crippen LogP contribution in [0.1, 0.15) is 25.7 Å². The molecule has 1 aliphatic rings. The van der Waals surface area contributed by atoms with Crippen molar-refractivity contribution >= 4 is 10.0 Å². The summed E-state index contributed by atoms with van der Waals surface area (Å²) in [6, 6.07) is -0.219. The molecule has 0 saturated heterocycles. The first-order valence-electron chi connectivity index (χ1n) is 4.54. The molecule has 0 bridgehead atoms. The molecule has 0 aliphatic heterocycles. The van der Waals surface area contributed by atoms with Crippen LogP contribution in [0.15, 0.2) is 0 Å². The first-order chi connectivity index (χ1) is 5.93. The predicted octanol–water partition coefficient (Wildman–Crippen LogP) is 0.181. The van der Waals surface area contributed by atoms with Crippen LogP contribution in [-0.2, 0) is 10.0 Å². The third-order valence-corrected chi connectivity index (χ3v) is 4.00. The first kappa shape index (κ1) is 10.9. The quantitative estimate of drug-likeness (QED) is 0.703. The number of hydrogen-bond acceptors (Lipinski definition) is 3. The van der Waals surface area contributed by atoms with Crippen molar-refractivity contribution in [2.75, 3.05) is 13.3 Å². The highest BCUT2D eigenvalue weighted by Gasteiger charge is 2.30. The zero-order valence-electron chi connectivity index (χ0n) is 8.10. The van der Waals surface area contributed by atoms with Gasteiger partial charge in [-0.2, -0.15) is 4.31 Å². The Morgan fingerprint density at radius 1 is 1.31 bits per heavy atom. The maximum Gasteiger partial charge on any atom is 0.211 e. The number of aliphatic hydroxyl groups is 1. The van der Waals surface area contributed by atoms with Crippen LogP contribution in [-0.4, -0.2) is 43.3 Å². The van der Waals surface area contributed by atoms with E-state index in [1.807, 2.05) is 0 Å². The third-order valence-electron chi connectivity index (χ3n) is 2.68. The lowest BCUT2D eigenvalue weighted by atomic mass is 9.93. The van der Waals surface area contributed by atoms with E-state index in [9.17, 15) is 13.5 Å². The van der Waals surface area contributed by atoms with Gasteiger partial charge in [-0.1, -0.05) is 12.8 Å². The Labute approximate surface area is 79.6 Å². The van der Waals surface area contributed by atoms with E-state index in [0.29, 0.717) is 6.42 Å². The Kier molecular flexibility index (Phi) is 3.32. The summed E-state index contributed by atoms with van der Waals surface area (Å²) in [6.45, 7) is 0. The van der Waals surface area contributed by atoms with Gasteiger partial charge >= 0.3 is 0 Å².